The van der Waals surface area contributed by atoms with E-state index in [2.05, 4.69) is 24.0 Å². The molecule has 0 saturated carbocycles. The molecule has 0 aliphatic carbocycles. The summed E-state index contributed by atoms with van der Waals surface area (Å²) in [7, 11) is 0. The van der Waals surface area contributed by atoms with Crippen LogP contribution in [0.4, 0.5) is 0 Å². The minimum atomic E-state index is -0.558. The van der Waals surface area contributed by atoms with Crippen LogP contribution in [0.3, 0.4) is 0 Å². The average Bonchev–Trinajstić information content (AvgIpc) is 2.86. The third kappa shape index (κ3) is 3.13. The second-order valence-electron chi connectivity index (χ2n) is 5.35. The first-order chi connectivity index (χ1) is 9.07. The summed E-state index contributed by atoms with van der Waals surface area (Å²) < 4.78 is 16.4. The maximum absolute atomic E-state index is 6.33. The zero-order valence-corrected chi connectivity index (χ0v) is 11.9. The molecule has 1 aliphatic rings. The van der Waals surface area contributed by atoms with Crippen molar-refractivity contribution >= 4 is 0 Å². The Bertz CT molecular complexity index is 400. The van der Waals surface area contributed by atoms with Crippen LogP contribution in [-0.2, 0) is 15.0 Å². The normalized spacial score (nSPS) is 20.7. The Balaban J connectivity index is 2.17. The minimum absolute atomic E-state index is 0.147. The molecule has 0 radical (unpaired) electrons. The van der Waals surface area contributed by atoms with E-state index in [1.165, 1.54) is 0 Å². The van der Waals surface area contributed by atoms with Gasteiger partial charge in [0, 0.05) is 19.8 Å². The van der Waals surface area contributed by atoms with Gasteiger partial charge in [0.25, 0.3) is 0 Å². The van der Waals surface area contributed by atoms with E-state index in [1.54, 1.807) is 0 Å². The average molecular weight is 269 g/mol. The highest BCUT2D eigenvalue weighted by Crippen LogP contribution is 2.30. The molecule has 0 aromatic carbocycles. The van der Waals surface area contributed by atoms with Crippen LogP contribution in [0, 0.1) is 5.92 Å². The molecule has 1 aromatic heterocycles. The lowest BCUT2D eigenvalue weighted by molar-refractivity contribution is 0.0217. The van der Waals surface area contributed by atoms with Gasteiger partial charge in [0.2, 0.25) is 11.7 Å². The van der Waals surface area contributed by atoms with Gasteiger partial charge in [-0.05, 0) is 25.7 Å². The summed E-state index contributed by atoms with van der Waals surface area (Å²) in [5, 5.41) is 4.04. The SMILES string of the molecule is CCOC(c1noc(C2(N)CCOCC2)n1)C(C)C. The molecule has 1 unspecified atom stereocenters. The lowest BCUT2D eigenvalue weighted by Gasteiger charge is -2.29. The lowest BCUT2D eigenvalue weighted by atomic mass is 9.91. The topological polar surface area (TPSA) is 83.4 Å². The summed E-state index contributed by atoms with van der Waals surface area (Å²) in [4.78, 5) is 4.46. The number of nitrogens with two attached hydrogens (primary N) is 1. The molecule has 2 rings (SSSR count). The Labute approximate surface area is 113 Å². The molecule has 1 fully saturated rings. The van der Waals surface area contributed by atoms with Crippen LogP contribution in [0.1, 0.15) is 51.4 Å². The predicted octanol–water partition coefficient (Wildman–Crippen LogP) is 1.77. The van der Waals surface area contributed by atoms with Crippen molar-refractivity contribution in [2.75, 3.05) is 19.8 Å². The van der Waals surface area contributed by atoms with Gasteiger partial charge in [0.05, 0.1) is 0 Å². The Morgan fingerprint density at radius 1 is 1.37 bits per heavy atom. The third-order valence-electron chi connectivity index (χ3n) is 3.46. The highest BCUT2D eigenvalue weighted by atomic mass is 16.5. The van der Waals surface area contributed by atoms with Crippen molar-refractivity contribution in [1.29, 1.82) is 0 Å². The highest BCUT2D eigenvalue weighted by Gasteiger charge is 2.36. The quantitative estimate of drug-likeness (QED) is 0.877. The monoisotopic (exact) mass is 269 g/mol. The van der Waals surface area contributed by atoms with Gasteiger partial charge in [-0.3, -0.25) is 0 Å². The van der Waals surface area contributed by atoms with E-state index in [4.69, 9.17) is 19.7 Å². The summed E-state index contributed by atoms with van der Waals surface area (Å²) in [6.07, 6.45) is 1.26. The first kappa shape index (κ1) is 14.4. The van der Waals surface area contributed by atoms with Crippen LogP contribution in [-0.4, -0.2) is 30.0 Å². The third-order valence-corrected chi connectivity index (χ3v) is 3.46. The Hall–Kier alpha value is -0.980. The van der Waals surface area contributed by atoms with Gasteiger partial charge in [0.1, 0.15) is 11.6 Å². The molecule has 1 atom stereocenters. The maximum atomic E-state index is 6.33. The van der Waals surface area contributed by atoms with Gasteiger partial charge in [-0.25, -0.2) is 0 Å². The van der Waals surface area contributed by atoms with Crippen molar-refractivity contribution in [3.63, 3.8) is 0 Å². The number of ether oxygens (including phenoxy) is 2. The van der Waals surface area contributed by atoms with Gasteiger partial charge in [-0.15, -0.1) is 0 Å². The van der Waals surface area contributed by atoms with Crippen molar-refractivity contribution in [2.45, 2.75) is 45.3 Å². The fraction of sp³-hybridized carbons (Fsp3) is 0.846. The zero-order valence-electron chi connectivity index (χ0n) is 11.9. The number of hydrogen-bond donors (Lipinski definition) is 1. The summed E-state index contributed by atoms with van der Waals surface area (Å²) in [6, 6.07) is 0. The highest BCUT2D eigenvalue weighted by molar-refractivity contribution is 5.05. The molecule has 19 heavy (non-hydrogen) atoms. The molecule has 0 amide bonds. The van der Waals surface area contributed by atoms with Crippen LogP contribution in [0.25, 0.3) is 0 Å². The number of rotatable bonds is 5. The van der Waals surface area contributed by atoms with Gasteiger partial charge in [-0.2, -0.15) is 4.98 Å². The van der Waals surface area contributed by atoms with Gasteiger partial charge < -0.3 is 19.7 Å². The van der Waals surface area contributed by atoms with E-state index in [-0.39, 0.29) is 12.0 Å². The first-order valence-corrected chi connectivity index (χ1v) is 6.89. The molecule has 1 saturated heterocycles. The Kier molecular flexibility index (Phi) is 4.54. The maximum Gasteiger partial charge on any atom is 0.247 e. The van der Waals surface area contributed by atoms with Crippen molar-refractivity contribution in [2.24, 2.45) is 11.7 Å². The van der Waals surface area contributed by atoms with Crippen molar-refractivity contribution in [3.8, 4) is 0 Å². The van der Waals surface area contributed by atoms with Crippen molar-refractivity contribution in [1.82, 2.24) is 10.1 Å². The summed E-state index contributed by atoms with van der Waals surface area (Å²) in [5.41, 5.74) is 5.77. The fourth-order valence-electron chi connectivity index (χ4n) is 2.25. The molecule has 1 aliphatic heterocycles. The van der Waals surface area contributed by atoms with E-state index in [1.807, 2.05) is 6.92 Å². The Morgan fingerprint density at radius 3 is 2.63 bits per heavy atom. The van der Waals surface area contributed by atoms with E-state index in [0.717, 1.165) is 0 Å². The van der Waals surface area contributed by atoms with Crippen molar-refractivity contribution < 1.29 is 14.0 Å². The smallest absolute Gasteiger partial charge is 0.247 e. The second-order valence-corrected chi connectivity index (χ2v) is 5.35. The largest absolute Gasteiger partial charge is 0.381 e. The summed E-state index contributed by atoms with van der Waals surface area (Å²) in [6.45, 7) is 7.99. The molecule has 6 nitrogen and oxygen atoms in total. The molecule has 0 bridgehead atoms. The van der Waals surface area contributed by atoms with E-state index in [0.29, 0.717) is 44.4 Å². The van der Waals surface area contributed by atoms with Crippen LogP contribution < -0.4 is 5.73 Å². The number of nitrogens with zero attached hydrogens (tertiary/aromatic N) is 2. The Morgan fingerprint density at radius 2 is 2.05 bits per heavy atom. The molecule has 1 aromatic rings. The van der Waals surface area contributed by atoms with Crippen LogP contribution >= 0.6 is 0 Å². The second kappa shape index (κ2) is 5.98. The van der Waals surface area contributed by atoms with Gasteiger partial charge in [0.15, 0.2) is 0 Å². The molecule has 2 heterocycles. The zero-order chi connectivity index (χ0) is 13.9. The number of hydrogen-bond acceptors (Lipinski definition) is 6. The lowest BCUT2D eigenvalue weighted by Crippen LogP contribution is -2.42. The van der Waals surface area contributed by atoms with Crippen molar-refractivity contribution in [3.05, 3.63) is 11.7 Å². The molecular weight excluding hydrogens is 246 g/mol. The standard InChI is InChI=1S/C13H23N3O3/c1-4-18-10(9(2)3)11-15-12(19-16-11)13(14)5-7-17-8-6-13/h9-10H,4-8,14H2,1-3H3. The van der Waals surface area contributed by atoms with Crippen LogP contribution in [0.15, 0.2) is 4.52 Å². The molecule has 2 N–H and O–H groups in total. The molecular formula is C13H23N3O3. The van der Waals surface area contributed by atoms with Gasteiger partial charge >= 0.3 is 0 Å². The van der Waals surface area contributed by atoms with Crippen LogP contribution in [0.5, 0.6) is 0 Å². The molecule has 108 valence electrons. The predicted molar refractivity (Wildman–Crippen MR) is 69.4 cm³/mol. The molecule has 6 heteroatoms. The van der Waals surface area contributed by atoms with E-state index in [9.17, 15) is 0 Å². The summed E-state index contributed by atoms with van der Waals surface area (Å²) in [5.74, 6) is 1.37. The number of aromatic nitrogens is 2. The fourth-order valence-corrected chi connectivity index (χ4v) is 2.25. The van der Waals surface area contributed by atoms with Gasteiger partial charge in [-0.1, -0.05) is 19.0 Å². The minimum Gasteiger partial charge on any atom is -0.381 e. The van der Waals surface area contributed by atoms with Crippen LogP contribution in [0.2, 0.25) is 0 Å². The first-order valence-electron chi connectivity index (χ1n) is 6.89. The summed E-state index contributed by atoms with van der Waals surface area (Å²) >= 11 is 0. The molecule has 0 spiro atoms. The van der Waals surface area contributed by atoms with E-state index >= 15 is 0 Å². The van der Waals surface area contributed by atoms with E-state index < -0.39 is 5.54 Å².